The van der Waals surface area contributed by atoms with Gasteiger partial charge in [0.15, 0.2) is 0 Å². The number of hydrogen-bond acceptors (Lipinski definition) is 4. The van der Waals surface area contributed by atoms with Crippen molar-refractivity contribution in [3.63, 3.8) is 0 Å². The summed E-state index contributed by atoms with van der Waals surface area (Å²) in [6, 6.07) is -0.534. The quantitative estimate of drug-likeness (QED) is 0.857. The molecule has 0 aliphatic carbocycles. The Balaban J connectivity index is 1.96. The molecule has 1 saturated heterocycles. The largest absolute Gasteiger partial charge is 0.375 e. The van der Waals surface area contributed by atoms with E-state index in [0.717, 1.165) is 31.2 Å². The SMILES string of the molecule is CCC1(CC)CC(NC(=O)C(N)c2cnn(C)c2)CCO1. The zero-order valence-corrected chi connectivity index (χ0v) is 13.1. The number of aryl methyl sites for hydroxylation is 1. The van der Waals surface area contributed by atoms with Crippen LogP contribution in [-0.4, -0.2) is 33.9 Å². The lowest BCUT2D eigenvalue weighted by molar-refractivity contribution is -0.127. The van der Waals surface area contributed by atoms with Crippen molar-refractivity contribution in [2.45, 2.75) is 57.2 Å². The summed E-state index contributed by atoms with van der Waals surface area (Å²) in [5.41, 5.74) is 6.64. The van der Waals surface area contributed by atoms with Gasteiger partial charge in [-0.15, -0.1) is 0 Å². The molecule has 0 aromatic carbocycles. The summed E-state index contributed by atoms with van der Waals surface area (Å²) in [5.74, 6) is -0.143. The van der Waals surface area contributed by atoms with E-state index in [1.54, 1.807) is 17.1 Å². The van der Waals surface area contributed by atoms with Gasteiger partial charge in [-0.3, -0.25) is 9.48 Å². The first-order chi connectivity index (χ1) is 9.99. The minimum Gasteiger partial charge on any atom is -0.375 e. The number of nitrogens with two attached hydrogens (primary N) is 1. The standard InChI is InChI=1S/C15H26N4O2/c1-4-15(5-2)8-12(6-7-21-15)18-14(20)13(16)11-9-17-19(3)10-11/h9-10,12-13H,4-8,16H2,1-3H3,(H,18,20). The topological polar surface area (TPSA) is 82.2 Å². The van der Waals surface area contributed by atoms with Crippen molar-refractivity contribution < 1.29 is 9.53 Å². The van der Waals surface area contributed by atoms with E-state index in [-0.39, 0.29) is 17.6 Å². The van der Waals surface area contributed by atoms with Crippen LogP contribution in [0.5, 0.6) is 0 Å². The van der Waals surface area contributed by atoms with E-state index in [1.807, 2.05) is 7.05 Å². The molecular weight excluding hydrogens is 268 g/mol. The van der Waals surface area contributed by atoms with E-state index >= 15 is 0 Å². The first kappa shape index (κ1) is 16.0. The molecule has 2 atom stereocenters. The molecule has 2 unspecified atom stereocenters. The third-order valence-corrected chi connectivity index (χ3v) is 4.49. The molecule has 0 saturated carbocycles. The van der Waals surface area contributed by atoms with Gasteiger partial charge in [0, 0.05) is 31.5 Å². The maximum absolute atomic E-state index is 12.3. The highest BCUT2D eigenvalue weighted by molar-refractivity contribution is 5.83. The summed E-state index contributed by atoms with van der Waals surface area (Å²) in [6.45, 7) is 4.96. The molecule has 2 rings (SSSR count). The van der Waals surface area contributed by atoms with Crippen LogP contribution in [0.4, 0.5) is 0 Å². The molecule has 1 fully saturated rings. The lowest BCUT2D eigenvalue weighted by Gasteiger charge is -2.40. The average molecular weight is 294 g/mol. The molecule has 6 heteroatoms. The Morgan fingerprint density at radius 1 is 1.62 bits per heavy atom. The van der Waals surface area contributed by atoms with Crippen molar-refractivity contribution in [1.82, 2.24) is 15.1 Å². The minimum atomic E-state index is -0.667. The fourth-order valence-electron chi connectivity index (χ4n) is 2.94. The third kappa shape index (κ3) is 3.63. The van der Waals surface area contributed by atoms with Crippen LogP contribution < -0.4 is 11.1 Å². The highest BCUT2D eigenvalue weighted by Crippen LogP contribution is 2.31. The summed E-state index contributed by atoms with van der Waals surface area (Å²) >= 11 is 0. The third-order valence-electron chi connectivity index (χ3n) is 4.49. The Bertz CT molecular complexity index is 482. The molecule has 1 aromatic heterocycles. The van der Waals surface area contributed by atoms with Crippen molar-refractivity contribution in [3.05, 3.63) is 18.0 Å². The number of ether oxygens (including phenoxy) is 1. The second-order valence-electron chi connectivity index (χ2n) is 5.86. The van der Waals surface area contributed by atoms with E-state index in [9.17, 15) is 4.79 Å². The Morgan fingerprint density at radius 2 is 2.33 bits per heavy atom. The average Bonchev–Trinajstić information content (AvgIpc) is 2.93. The Hall–Kier alpha value is -1.40. The fraction of sp³-hybridized carbons (Fsp3) is 0.733. The van der Waals surface area contributed by atoms with E-state index in [1.165, 1.54) is 0 Å². The number of aromatic nitrogens is 2. The zero-order valence-electron chi connectivity index (χ0n) is 13.1. The van der Waals surface area contributed by atoms with Crippen LogP contribution >= 0.6 is 0 Å². The second-order valence-corrected chi connectivity index (χ2v) is 5.86. The van der Waals surface area contributed by atoms with Gasteiger partial charge in [0.05, 0.1) is 11.8 Å². The summed E-state index contributed by atoms with van der Waals surface area (Å²) in [6.07, 6.45) is 7.03. The number of hydrogen-bond donors (Lipinski definition) is 2. The molecular formula is C15H26N4O2. The number of carbonyl (C=O) groups is 1. The summed E-state index contributed by atoms with van der Waals surface area (Å²) in [5, 5.41) is 7.12. The molecule has 1 aliphatic rings. The lowest BCUT2D eigenvalue weighted by atomic mass is 9.86. The van der Waals surface area contributed by atoms with Crippen LogP contribution in [0.3, 0.4) is 0 Å². The molecule has 1 aromatic rings. The predicted octanol–water partition coefficient (Wildman–Crippen LogP) is 1.27. The van der Waals surface area contributed by atoms with E-state index in [2.05, 4.69) is 24.3 Å². The highest BCUT2D eigenvalue weighted by atomic mass is 16.5. The number of nitrogens with one attached hydrogen (secondary N) is 1. The molecule has 0 spiro atoms. The first-order valence-electron chi connectivity index (χ1n) is 7.68. The normalized spacial score (nSPS) is 22.8. The monoisotopic (exact) mass is 294 g/mol. The molecule has 0 bridgehead atoms. The van der Waals surface area contributed by atoms with Crippen LogP contribution in [0.1, 0.15) is 51.1 Å². The molecule has 21 heavy (non-hydrogen) atoms. The van der Waals surface area contributed by atoms with Gasteiger partial charge in [-0.1, -0.05) is 13.8 Å². The van der Waals surface area contributed by atoms with E-state index in [0.29, 0.717) is 6.61 Å². The van der Waals surface area contributed by atoms with Crippen LogP contribution in [0.15, 0.2) is 12.4 Å². The van der Waals surface area contributed by atoms with Gasteiger partial charge in [-0.05, 0) is 25.7 Å². The first-order valence-corrected chi connectivity index (χ1v) is 7.68. The van der Waals surface area contributed by atoms with Crippen molar-refractivity contribution in [3.8, 4) is 0 Å². The molecule has 3 N–H and O–H groups in total. The smallest absolute Gasteiger partial charge is 0.241 e. The maximum Gasteiger partial charge on any atom is 0.241 e. The van der Waals surface area contributed by atoms with Crippen molar-refractivity contribution in [2.75, 3.05) is 6.61 Å². The Morgan fingerprint density at radius 3 is 2.90 bits per heavy atom. The summed E-state index contributed by atoms with van der Waals surface area (Å²) in [4.78, 5) is 12.3. The van der Waals surface area contributed by atoms with Gasteiger partial charge in [-0.2, -0.15) is 5.10 Å². The van der Waals surface area contributed by atoms with E-state index in [4.69, 9.17) is 10.5 Å². The molecule has 118 valence electrons. The van der Waals surface area contributed by atoms with Gasteiger partial charge in [0.2, 0.25) is 5.91 Å². The zero-order chi connectivity index (χ0) is 15.5. The minimum absolute atomic E-state index is 0.103. The molecule has 1 aliphatic heterocycles. The van der Waals surface area contributed by atoms with Crippen molar-refractivity contribution in [1.29, 1.82) is 0 Å². The van der Waals surface area contributed by atoms with Gasteiger partial charge in [0.25, 0.3) is 0 Å². The van der Waals surface area contributed by atoms with Crippen molar-refractivity contribution >= 4 is 5.91 Å². The maximum atomic E-state index is 12.3. The number of amides is 1. The molecule has 0 radical (unpaired) electrons. The summed E-state index contributed by atoms with van der Waals surface area (Å²) in [7, 11) is 1.81. The fourth-order valence-corrected chi connectivity index (χ4v) is 2.94. The molecule has 1 amide bonds. The van der Waals surface area contributed by atoms with Gasteiger partial charge in [-0.25, -0.2) is 0 Å². The van der Waals surface area contributed by atoms with Crippen LogP contribution in [0.25, 0.3) is 0 Å². The molecule has 6 nitrogen and oxygen atoms in total. The van der Waals surface area contributed by atoms with Crippen molar-refractivity contribution in [2.24, 2.45) is 12.8 Å². The summed E-state index contributed by atoms with van der Waals surface area (Å²) < 4.78 is 7.58. The molecule has 2 heterocycles. The lowest BCUT2D eigenvalue weighted by Crippen LogP contribution is -2.49. The highest BCUT2D eigenvalue weighted by Gasteiger charge is 2.35. The Kier molecular flexibility index (Phi) is 5.00. The van der Waals surface area contributed by atoms with E-state index < -0.39 is 6.04 Å². The van der Waals surface area contributed by atoms with Gasteiger partial charge >= 0.3 is 0 Å². The van der Waals surface area contributed by atoms with Crippen LogP contribution in [-0.2, 0) is 16.6 Å². The number of nitrogens with zero attached hydrogens (tertiary/aromatic N) is 2. The Labute approximate surface area is 126 Å². The van der Waals surface area contributed by atoms with Crippen LogP contribution in [0, 0.1) is 0 Å². The van der Waals surface area contributed by atoms with Crippen LogP contribution in [0.2, 0.25) is 0 Å². The second kappa shape index (κ2) is 6.58. The van der Waals surface area contributed by atoms with Gasteiger partial charge in [0.1, 0.15) is 6.04 Å². The number of carbonyl (C=O) groups excluding carboxylic acids is 1. The van der Waals surface area contributed by atoms with Gasteiger partial charge < -0.3 is 15.8 Å². The number of rotatable bonds is 5. The predicted molar refractivity (Wildman–Crippen MR) is 80.6 cm³/mol.